The first-order valence-electron chi connectivity index (χ1n) is 8.35. The Balaban J connectivity index is 1.90. The molecule has 158 valence electrons. The molecule has 3 rings (SSSR count). The molecule has 0 aromatic heterocycles. The molecule has 0 aromatic rings. The van der Waals surface area contributed by atoms with Gasteiger partial charge in [0.15, 0.2) is 12.2 Å². The van der Waals surface area contributed by atoms with Gasteiger partial charge in [0, 0.05) is 6.92 Å². The average Bonchev–Trinajstić information content (AvgIpc) is 3.13. The number of ether oxygens (including phenoxy) is 3. The summed E-state index contributed by atoms with van der Waals surface area (Å²) in [6.07, 6.45) is -7.14. The van der Waals surface area contributed by atoms with Gasteiger partial charge in [-0.3, -0.25) is 13.8 Å². The number of esters is 2. The molecule has 0 amide bonds. The fraction of sp³-hybridized carbons (Fsp3) is 0.800. The fourth-order valence-electron chi connectivity index (χ4n) is 3.88. The van der Waals surface area contributed by atoms with Crippen molar-refractivity contribution in [2.45, 2.75) is 62.5 Å². The summed E-state index contributed by atoms with van der Waals surface area (Å²) in [5.41, 5.74) is 0. The number of fused-ring (bicyclic) bond motifs is 1. The third kappa shape index (κ3) is 3.05. The number of carbonyl (C=O) groups is 3. The second kappa shape index (κ2) is 6.59. The van der Waals surface area contributed by atoms with E-state index in [0.29, 0.717) is 0 Å². The molecule has 3 saturated heterocycles. The van der Waals surface area contributed by atoms with Crippen molar-refractivity contribution in [3.05, 3.63) is 0 Å². The van der Waals surface area contributed by atoms with Gasteiger partial charge in [-0.05, 0) is 5.92 Å². The zero-order chi connectivity index (χ0) is 21.2. The van der Waals surface area contributed by atoms with E-state index in [1.807, 2.05) is 0 Å². The first kappa shape index (κ1) is 20.9. The van der Waals surface area contributed by atoms with E-state index in [9.17, 15) is 31.6 Å². The Morgan fingerprint density at radius 2 is 1.75 bits per heavy atom. The van der Waals surface area contributed by atoms with Gasteiger partial charge >= 0.3 is 23.8 Å². The number of alkyl halides is 2. The Hall–Kier alpha value is -1.86. The Labute approximate surface area is 158 Å². The van der Waals surface area contributed by atoms with E-state index < -0.39 is 81.6 Å². The van der Waals surface area contributed by atoms with Crippen molar-refractivity contribution in [2.24, 2.45) is 11.8 Å². The van der Waals surface area contributed by atoms with Crippen LogP contribution in [0.5, 0.6) is 0 Å². The third-order valence-corrected chi connectivity index (χ3v) is 6.68. The van der Waals surface area contributed by atoms with E-state index in [1.54, 1.807) is 0 Å². The van der Waals surface area contributed by atoms with Crippen molar-refractivity contribution in [3.8, 4) is 0 Å². The second-order valence-corrected chi connectivity index (χ2v) is 8.94. The molecule has 0 spiro atoms. The van der Waals surface area contributed by atoms with Crippen LogP contribution in [0, 0.1) is 11.8 Å². The van der Waals surface area contributed by atoms with E-state index in [0.717, 1.165) is 6.92 Å². The van der Waals surface area contributed by atoms with Crippen molar-refractivity contribution >= 4 is 28.0 Å². The Kier molecular flexibility index (Phi) is 4.91. The fourth-order valence-corrected chi connectivity index (χ4v) is 5.71. The molecule has 13 heteroatoms. The molecule has 7 atom stereocenters. The van der Waals surface area contributed by atoms with E-state index in [-0.39, 0.29) is 0 Å². The molecule has 0 radical (unpaired) electrons. The molecule has 0 saturated carbocycles. The van der Waals surface area contributed by atoms with Crippen LogP contribution in [0.4, 0.5) is 8.78 Å². The molecule has 3 aliphatic rings. The predicted octanol–water partition coefficient (Wildman–Crippen LogP) is -0.300. The summed E-state index contributed by atoms with van der Waals surface area (Å²) in [5.74, 6) is -11.8. The Bertz CT molecular complexity index is 810. The van der Waals surface area contributed by atoms with Crippen molar-refractivity contribution in [1.82, 2.24) is 0 Å². The molecular formula is C15H18F2O10S. The zero-order valence-corrected chi connectivity index (χ0v) is 15.7. The number of rotatable bonds is 6. The van der Waals surface area contributed by atoms with Gasteiger partial charge in [-0.2, -0.15) is 17.2 Å². The van der Waals surface area contributed by atoms with Crippen LogP contribution in [-0.2, 0) is 42.9 Å². The highest BCUT2D eigenvalue weighted by Crippen LogP contribution is 2.51. The number of hydrogen-bond donors (Lipinski definition) is 1. The molecule has 10 nitrogen and oxygen atoms in total. The summed E-state index contributed by atoms with van der Waals surface area (Å²) < 4.78 is 72.5. The van der Waals surface area contributed by atoms with Gasteiger partial charge in [-0.25, -0.2) is 4.79 Å². The van der Waals surface area contributed by atoms with Crippen molar-refractivity contribution in [1.29, 1.82) is 0 Å². The van der Waals surface area contributed by atoms with Crippen molar-refractivity contribution in [2.75, 3.05) is 0 Å². The van der Waals surface area contributed by atoms with Gasteiger partial charge in [0.25, 0.3) is 10.1 Å². The van der Waals surface area contributed by atoms with E-state index in [2.05, 4.69) is 0 Å². The SMILES string of the molecule is CC(=O)OC1C2OS(=O)(=O)C3C2OC1C3C(=O)OC(C(C)C)C(F)(F)C(=O)O. The normalized spacial score (nSPS) is 36.4. The van der Waals surface area contributed by atoms with Crippen molar-refractivity contribution < 1.29 is 55.1 Å². The highest BCUT2D eigenvalue weighted by Gasteiger charge is 2.74. The quantitative estimate of drug-likeness (QED) is 0.442. The smallest absolute Gasteiger partial charge is 0.378 e. The molecule has 3 aliphatic heterocycles. The van der Waals surface area contributed by atoms with Crippen LogP contribution in [0.1, 0.15) is 20.8 Å². The molecule has 3 heterocycles. The largest absolute Gasteiger partial charge is 0.477 e. The van der Waals surface area contributed by atoms with Crippen LogP contribution in [0.2, 0.25) is 0 Å². The Morgan fingerprint density at radius 1 is 1.14 bits per heavy atom. The van der Waals surface area contributed by atoms with Crippen LogP contribution < -0.4 is 0 Å². The number of carbonyl (C=O) groups excluding carboxylic acids is 2. The van der Waals surface area contributed by atoms with Crippen LogP contribution in [-0.4, -0.2) is 73.1 Å². The minimum atomic E-state index is -4.40. The maximum Gasteiger partial charge on any atom is 0.378 e. The van der Waals surface area contributed by atoms with E-state index >= 15 is 0 Å². The average molecular weight is 428 g/mol. The molecule has 28 heavy (non-hydrogen) atoms. The lowest BCUT2D eigenvalue weighted by atomic mass is 9.84. The third-order valence-electron chi connectivity index (χ3n) is 4.96. The van der Waals surface area contributed by atoms with Crippen LogP contribution in [0.25, 0.3) is 0 Å². The molecule has 7 unspecified atom stereocenters. The van der Waals surface area contributed by atoms with E-state index in [1.165, 1.54) is 13.8 Å². The Morgan fingerprint density at radius 3 is 2.25 bits per heavy atom. The summed E-state index contributed by atoms with van der Waals surface area (Å²) in [5, 5.41) is 7.21. The summed E-state index contributed by atoms with van der Waals surface area (Å²) in [6.45, 7) is 3.50. The summed E-state index contributed by atoms with van der Waals surface area (Å²) in [4.78, 5) is 34.8. The predicted molar refractivity (Wildman–Crippen MR) is 82.6 cm³/mol. The first-order chi connectivity index (χ1) is 12.8. The lowest BCUT2D eigenvalue weighted by Gasteiger charge is -2.31. The molecule has 2 bridgehead atoms. The highest BCUT2D eigenvalue weighted by atomic mass is 32.2. The van der Waals surface area contributed by atoms with Gasteiger partial charge in [0.2, 0.25) is 0 Å². The number of carboxylic acid groups (broad SMARTS) is 1. The van der Waals surface area contributed by atoms with Crippen molar-refractivity contribution in [3.63, 3.8) is 0 Å². The number of aliphatic carboxylic acids is 1. The molecule has 0 aliphatic carbocycles. The van der Waals surface area contributed by atoms with Crippen LogP contribution in [0.15, 0.2) is 0 Å². The maximum absolute atomic E-state index is 14.0. The first-order valence-corrected chi connectivity index (χ1v) is 9.82. The topological polar surface area (TPSA) is 142 Å². The van der Waals surface area contributed by atoms with E-state index in [4.69, 9.17) is 23.5 Å². The lowest BCUT2D eigenvalue weighted by Crippen LogP contribution is -2.53. The number of halogens is 2. The van der Waals surface area contributed by atoms with Gasteiger partial charge in [0.1, 0.15) is 29.5 Å². The maximum atomic E-state index is 14.0. The van der Waals surface area contributed by atoms with Gasteiger partial charge < -0.3 is 19.3 Å². The van der Waals surface area contributed by atoms with Gasteiger partial charge in [-0.15, -0.1) is 0 Å². The molecular weight excluding hydrogens is 410 g/mol. The van der Waals surface area contributed by atoms with Crippen LogP contribution >= 0.6 is 0 Å². The zero-order valence-electron chi connectivity index (χ0n) is 14.9. The minimum absolute atomic E-state index is 0.782. The van der Waals surface area contributed by atoms with Gasteiger partial charge in [0.05, 0.1) is 0 Å². The van der Waals surface area contributed by atoms with Crippen LogP contribution in [0.3, 0.4) is 0 Å². The summed E-state index contributed by atoms with van der Waals surface area (Å²) in [7, 11) is -4.32. The molecule has 1 N–H and O–H groups in total. The second-order valence-electron chi connectivity index (χ2n) is 7.21. The summed E-state index contributed by atoms with van der Waals surface area (Å²) >= 11 is 0. The molecule has 0 aromatic carbocycles. The number of hydrogen-bond acceptors (Lipinski definition) is 9. The molecule has 3 fully saturated rings. The standard InChI is InChI=1S/C15H18F2O10S/c1-4(2)12(15(16,17)14(20)21)26-13(19)6-7-8(24-5(3)18)9-10(25-7)11(6)28(22,23)27-9/h4,6-12H,1-3H3,(H,20,21). The minimum Gasteiger partial charge on any atom is -0.477 e. The van der Waals surface area contributed by atoms with Gasteiger partial charge in [-0.1, -0.05) is 13.8 Å². The summed E-state index contributed by atoms with van der Waals surface area (Å²) in [6, 6.07) is 0. The highest BCUT2D eigenvalue weighted by molar-refractivity contribution is 7.87. The number of carboxylic acids is 1. The lowest BCUT2D eigenvalue weighted by molar-refractivity contribution is -0.202. The monoisotopic (exact) mass is 428 g/mol.